The second kappa shape index (κ2) is 2.74. The molecule has 0 spiro atoms. The SMILES string of the molecule is Cc1cc(=O)nc(N(C)C)o1. The fraction of sp³-hybridized carbons (Fsp3) is 0.429. The first-order valence-electron chi connectivity index (χ1n) is 3.25. The highest BCUT2D eigenvalue weighted by molar-refractivity contribution is 5.21. The quantitative estimate of drug-likeness (QED) is 0.587. The van der Waals surface area contributed by atoms with Crippen LogP contribution in [0, 0.1) is 6.92 Å². The van der Waals surface area contributed by atoms with Gasteiger partial charge in [-0.05, 0) is 6.92 Å². The van der Waals surface area contributed by atoms with Crippen LogP contribution in [-0.2, 0) is 0 Å². The zero-order valence-electron chi connectivity index (χ0n) is 6.79. The van der Waals surface area contributed by atoms with E-state index in [2.05, 4.69) is 4.98 Å². The van der Waals surface area contributed by atoms with Crippen LogP contribution in [-0.4, -0.2) is 19.1 Å². The van der Waals surface area contributed by atoms with E-state index in [4.69, 9.17) is 4.42 Å². The van der Waals surface area contributed by atoms with Crippen molar-refractivity contribution in [2.75, 3.05) is 19.0 Å². The number of anilines is 1. The van der Waals surface area contributed by atoms with Gasteiger partial charge in [-0.1, -0.05) is 0 Å². The molecule has 0 aliphatic rings. The van der Waals surface area contributed by atoms with Gasteiger partial charge in [-0.15, -0.1) is 0 Å². The van der Waals surface area contributed by atoms with Gasteiger partial charge < -0.3 is 9.32 Å². The van der Waals surface area contributed by atoms with E-state index in [9.17, 15) is 4.79 Å². The fourth-order valence-corrected chi connectivity index (χ4v) is 0.688. The van der Waals surface area contributed by atoms with E-state index in [0.29, 0.717) is 11.8 Å². The number of nitrogens with zero attached hydrogens (tertiary/aromatic N) is 2. The summed E-state index contributed by atoms with van der Waals surface area (Å²) >= 11 is 0. The average molecular weight is 154 g/mol. The van der Waals surface area contributed by atoms with Crippen LogP contribution in [0.4, 0.5) is 6.01 Å². The van der Waals surface area contributed by atoms with E-state index in [0.717, 1.165) is 0 Å². The highest BCUT2D eigenvalue weighted by Gasteiger charge is 2.01. The average Bonchev–Trinajstić information content (AvgIpc) is 1.85. The Labute approximate surface area is 64.5 Å². The van der Waals surface area contributed by atoms with Crippen LogP contribution >= 0.6 is 0 Å². The molecule has 0 fully saturated rings. The Morgan fingerprint density at radius 2 is 2.18 bits per heavy atom. The minimum Gasteiger partial charge on any atom is -0.430 e. The summed E-state index contributed by atoms with van der Waals surface area (Å²) in [6, 6.07) is 1.70. The molecule has 0 saturated heterocycles. The van der Waals surface area contributed by atoms with Gasteiger partial charge in [0.15, 0.2) is 0 Å². The van der Waals surface area contributed by atoms with Crippen molar-refractivity contribution < 1.29 is 4.42 Å². The third-order valence-electron chi connectivity index (χ3n) is 1.17. The topological polar surface area (TPSA) is 46.3 Å². The van der Waals surface area contributed by atoms with Crippen molar-refractivity contribution in [2.45, 2.75) is 6.92 Å². The molecule has 1 heterocycles. The predicted octanol–water partition coefficient (Wildman–Crippen LogP) is 0.409. The molecule has 0 saturated carbocycles. The molecule has 0 bridgehead atoms. The molecule has 0 N–H and O–H groups in total. The Morgan fingerprint density at radius 3 is 2.64 bits per heavy atom. The minimum atomic E-state index is -0.266. The molecule has 0 amide bonds. The number of hydrogen-bond donors (Lipinski definition) is 0. The van der Waals surface area contributed by atoms with E-state index in [1.165, 1.54) is 6.07 Å². The molecule has 0 unspecified atom stereocenters. The van der Waals surface area contributed by atoms with E-state index >= 15 is 0 Å². The zero-order valence-corrected chi connectivity index (χ0v) is 6.79. The van der Waals surface area contributed by atoms with Gasteiger partial charge in [0.05, 0.1) is 0 Å². The van der Waals surface area contributed by atoms with E-state index in [1.807, 2.05) is 0 Å². The Hall–Kier alpha value is -1.32. The molecule has 0 aliphatic carbocycles. The molecular formula is C7H10N2O2. The molecule has 4 nitrogen and oxygen atoms in total. The Bertz CT molecular complexity index is 304. The molecule has 1 aromatic rings. The number of rotatable bonds is 1. The van der Waals surface area contributed by atoms with Gasteiger partial charge in [-0.25, -0.2) is 0 Å². The maximum atomic E-state index is 10.8. The van der Waals surface area contributed by atoms with Crippen LogP contribution in [0.15, 0.2) is 15.3 Å². The monoisotopic (exact) mass is 154 g/mol. The molecule has 60 valence electrons. The van der Waals surface area contributed by atoms with Gasteiger partial charge in [0.1, 0.15) is 5.76 Å². The van der Waals surface area contributed by atoms with Gasteiger partial charge in [-0.3, -0.25) is 4.79 Å². The lowest BCUT2D eigenvalue weighted by molar-refractivity contribution is 0.494. The summed E-state index contributed by atoms with van der Waals surface area (Å²) in [5.41, 5.74) is -0.266. The summed E-state index contributed by atoms with van der Waals surface area (Å²) in [7, 11) is 3.54. The molecule has 4 heteroatoms. The number of hydrogen-bond acceptors (Lipinski definition) is 4. The summed E-state index contributed by atoms with van der Waals surface area (Å²) in [4.78, 5) is 16.1. The highest BCUT2D eigenvalue weighted by Crippen LogP contribution is 2.04. The molecule has 1 rings (SSSR count). The van der Waals surface area contributed by atoms with E-state index < -0.39 is 0 Å². The van der Waals surface area contributed by atoms with Gasteiger partial charge in [0.25, 0.3) is 11.6 Å². The van der Waals surface area contributed by atoms with Crippen LogP contribution in [0.3, 0.4) is 0 Å². The van der Waals surface area contributed by atoms with Crippen molar-refractivity contribution in [1.82, 2.24) is 4.98 Å². The van der Waals surface area contributed by atoms with Gasteiger partial charge in [0.2, 0.25) is 0 Å². The summed E-state index contributed by atoms with van der Waals surface area (Å²) in [6.45, 7) is 1.72. The Kier molecular flexibility index (Phi) is 1.94. The highest BCUT2D eigenvalue weighted by atomic mass is 16.4. The lowest BCUT2D eigenvalue weighted by Crippen LogP contribution is -2.16. The van der Waals surface area contributed by atoms with Crippen LogP contribution in [0.1, 0.15) is 5.76 Å². The van der Waals surface area contributed by atoms with Gasteiger partial charge in [-0.2, -0.15) is 4.98 Å². The first-order valence-corrected chi connectivity index (χ1v) is 3.25. The zero-order chi connectivity index (χ0) is 8.43. The third kappa shape index (κ3) is 1.80. The second-order valence-corrected chi connectivity index (χ2v) is 2.48. The molecule has 1 aromatic heterocycles. The third-order valence-corrected chi connectivity index (χ3v) is 1.17. The van der Waals surface area contributed by atoms with Crippen LogP contribution in [0.5, 0.6) is 0 Å². The number of aryl methyl sites for hydroxylation is 1. The van der Waals surface area contributed by atoms with Crippen molar-refractivity contribution in [2.24, 2.45) is 0 Å². The number of aromatic nitrogens is 1. The first kappa shape index (κ1) is 7.78. The summed E-state index contributed by atoms with van der Waals surface area (Å²) in [5, 5.41) is 0. The molecule has 11 heavy (non-hydrogen) atoms. The largest absolute Gasteiger partial charge is 0.430 e. The van der Waals surface area contributed by atoms with Crippen molar-refractivity contribution in [3.05, 3.63) is 22.2 Å². The van der Waals surface area contributed by atoms with Gasteiger partial charge >= 0.3 is 0 Å². The predicted molar refractivity (Wildman–Crippen MR) is 41.8 cm³/mol. The lowest BCUT2D eigenvalue weighted by Gasteiger charge is -2.07. The Balaban J connectivity index is 3.19. The maximum absolute atomic E-state index is 10.8. The minimum absolute atomic E-state index is 0.266. The van der Waals surface area contributed by atoms with Crippen LogP contribution in [0.25, 0.3) is 0 Å². The van der Waals surface area contributed by atoms with Crippen molar-refractivity contribution in [3.8, 4) is 0 Å². The molecule has 0 aliphatic heterocycles. The summed E-state index contributed by atoms with van der Waals surface area (Å²) < 4.78 is 5.13. The molecule has 0 atom stereocenters. The molecule has 0 radical (unpaired) electrons. The standard InChI is InChI=1S/C7H10N2O2/c1-5-4-6(10)8-7(11-5)9(2)3/h4H,1-3H3. The smallest absolute Gasteiger partial charge is 0.300 e. The summed E-state index contributed by atoms with van der Waals surface area (Å²) in [5.74, 6) is 0.578. The van der Waals surface area contributed by atoms with Crippen LogP contribution in [0.2, 0.25) is 0 Å². The second-order valence-electron chi connectivity index (χ2n) is 2.48. The van der Waals surface area contributed by atoms with Crippen molar-refractivity contribution in [3.63, 3.8) is 0 Å². The maximum Gasteiger partial charge on any atom is 0.300 e. The molecular weight excluding hydrogens is 144 g/mol. The first-order chi connectivity index (χ1) is 5.09. The Morgan fingerprint density at radius 1 is 1.55 bits per heavy atom. The van der Waals surface area contributed by atoms with Crippen molar-refractivity contribution in [1.29, 1.82) is 0 Å². The molecule has 0 aromatic carbocycles. The summed E-state index contributed by atoms with van der Waals surface area (Å²) in [6.07, 6.45) is 0. The lowest BCUT2D eigenvalue weighted by atomic mass is 10.5. The normalized spacial score (nSPS) is 9.73. The van der Waals surface area contributed by atoms with E-state index in [-0.39, 0.29) is 5.56 Å². The van der Waals surface area contributed by atoms with Crippen molar-refractivity contribution >= 4 is 6.01 Å². The van der Waals surface area contributed by atoms with Crippen LogP contribution < -0.4 is 10.5 Å². The van der Waals surface area contributed by atoms with Gasteiger partial charge in [0, 0.05) is 20.2 Å². The van der Waals surface area contributed by atoms with E-state index in [1.54, 1.807) is 25.9 Å². The fourth-order valence-electron chi connectivity index (χ4n) is 0.688.